The fourth-order valence-corrected chi connectivity index (χ4v) is 9.40. The van der Waals surface area contributed by atoms with Gasteiger partial charge in [0.05, 0.1) is 0 Å². The largest absolute Gasteiger partial charge is 0.135 e. The molecule has 0 N–H and O–H groups in total. The molecular weight excluding hydrogens is 609 g/mol. The normalized spacial score (nSPS) is 12.1. The monoisotopic (exact) mass is 636 g/mol. The molecule has 0 aliphatic carbocycles. The Morgan fingerprint density at radius 2 is 0.571 bits per heavy atom. The first-order chi connectivity index (χ1) is 24.3. The Labute approximate surface area is 287 Å². The molecule has 0 saturated heterocycles. The van der Waals surface area contributed by atoms with Crippen LogP contribution in [0.4, 0.5) is 0 Å². The molecule has 11 aromatic rings. The highest BCUT2D eigenvalue weighted by atomic mass is 32.1. The van der Waals surface area contributed by atoms with Crippen LogP contribution in [0.3, 0.4) is 0 Å². The molecule has 0 atom stereocenters. The first-order valence-corrected chi connectivity index (χ1v) is 17.7. The Morgan fingerprint density at radius 3 is 1.12 bits per heavy atom. The van der Waals surface area contributed by atoms with Crippen LogP contribution >= 0.6 is 11.3 Å². The minimum absolute atomic E-state index is 1.23. The summed E-state index contributed by atoms with van der Waals surface area (Å²) in [5.74, 6) is 0. The number of benzene rings is 10. The van der Waals surface area contributed by atoms with Crippen molar-refractivity contribution < 1.29 is 0 Å². The second kappa shape index (κ2) is 10.2. The quantitative estimate of drug-likeness (QED) is 0.131. The zero-order valence-corrected chi connectivity index (χ0v) is 27.4. The number of hydrogen-bond donors (Lipinski definition) is 0. The van der Waals surface area contributed by atoms with Gasteiger partial charge in [-0.15, -0.1) is 11.3 Å². The van der Waals surface area contributed by atoms with Crippen LogP contribution in [0, 0.1) is 0 Å². The predicted octanol–water partition coefficient (Wildman–Crippen LogP) is 14.3. The van der Waals surface area contributed by atoms with Crippen molar-refractivity contribution in [2.75, 3.05) is 0 Å². The van der Waals surface area contributed by atoms with Crippen molar-refractivity contribution in [2.45, 2.75) is 0 Å². The SMILES string of the molecule is c1cc(-c2ccc3sc4ccccc4c3c2)cc(-c2ccc3c(c2)c2ccccc2c2cc4c5ccccc5c5ccccc5c4cc32)c1. The van der Waals surface area contributed by atoms with Crippen molar-refractivity contribution in [3.05, 3.63) is 170 Å². The molecule has 0 fully saturated rings. The van der Waals surface area contributed by atoms with Crippen LogP contribution in [0.1, 0.15) is 0 Å². The van der Waals surface area contributed by atoms with Crippen LogP contribution in [-0.4, -0.2) is 0 Å². The summed E-state index contributed by atoms with van der Waals surface area (Å²) in [6, 6.07) is 63.3. The van der Waals surface area contributed by atoms with E-state index in [1.54, 1.807) is 0 Å². The van der Waals surface area contributed by atoms with Gasteiger partial charge in [-0.2, -0.15) is 0 Å². The maximum absolute atomic E-state index is 2.46. The lowest BCUT2D eigenvalue weighted by molar-refractivity contribution is 1.62. The molecule has 0 radical (unpaired) electrons. The van der Waals surface area contributed by atoms with Gasteiger partial charge in [0.1, 0.15) is 0 Å². The fourth-order valence-electron chi connectivity index (χ4n) is 8.32. The van der Waals surface area contributed by atoms with E-state index < -0.39 is 0 Å². The minimum Gasteiger partial charge on any atom is -0.135 e. The second-order valence-electron chi connectivity index (χ2n) is 13.2. The number of hydrogen-bond acceptors (Lipinski definition) is 1. The van der Waals surface area contributed by atoms with E-state index >= 15 is 0 Å². The third kappa shape index (κ3) is 3.97. The van der Waals surface area contributed by atoms with Gasteiger partial charge in [-0.25, -0.2) is 0 Å². The summed E-state index contributed by atoms with van der Waals surface area (Å²) in [5.41, 5.74) is 4.96. The van der Waals surface area contributed by atoms with Gasteiger partial charge in [0.2, 0.25) is 0 Å². The highest BCUT2D eigenvalue weighted by Crippen LogP contribution is 2.43. The first kappa shape index (κ1) is 27.0. The van der Waals surface area contributed by atoms with Crippen LogP contribution in [-0.2, 0) is 0 Å². The zero-order valence-electron chi connectivity index (χ0n) is 26.6. The Bertz CT molecular complexity index is 3160. The van der Waals surface area contributed by atoms with E-state index in [2.05, 4.69) is 170 Å². The van der Waals surface area contributed by atoms with Crippen LogP contribution in [0.2, 0.25) is 0 Å². The lowest BCUT2D eigenvalue weighted by Crippen LogP contribution is -1.88. The van der Waals surface area contributed by atoms with Gasteiger partial charge in [-0.05, 0) is 129 Å². The average molecular weight is 637 g/mol. The van der Waals surface area contributed by atoms with E-state index in [0.717, 1.165) is 0 Å². The van der Waals surface area contributed by atoms with Gasteiger partial charge in [0.25, 0.3) is 0 Å². The van der Waals surface area contributed by atoms with Gasteiger partial charge in [-0.3, -0.25) is 0 Å². The van der Waals surface area contributed by atoms with Gasteiger partial charge >= 0.3 is 0 Å². The Balaban J connectivity index is 1.14. The molecule has 11 rings (SSSR count). The molecule has 0 spiro atoms. The van der Waals surface area contributed by atoms with Gasteiger partial charge in [0, 0.05) is 20.2 Å². The number of thiophene rings is 1. The van der Waals surface area contributed by atoms with Crippen molar-refractivity contribution in [2.24, 2.45) is 0 Å². The summed E-state index contributed by atoms with van der Waals surface area (Å²) in [7, 11) is 0. The summed E-state index contributed by atoms with van der Waals surface area (Å²) in [6.07, 6.45) is 0. The van der Waals surface area contributed by atoms with E-state index in [-0.39, 0.29) is 0 Å². The molecule has 1 heteroatoms. The zero-order chi connectivity index (χ0) is 32.1. The lowest BCUT2D eigenvalue weighted by Gasteiger charge is -2.16. The summed E-state index contributed by atoms with van der Waals surface area (Å²) in [4.78, 5) is 0. The molecule has 0 aliphatic heterocycles. The summed E-state index contributed by atoms with van der Waals surface area (Å²) >= 11 is 1.87. The molecule has 0 unspecified atom stereocenters. The summed E-state index contributed by atoms with van der Waals surface area (Å²) in [6.45, 7) is 0. The van der Waals surface area contributed by atoms with Crippen LogP contribution in [0.5, 0.6) is 0 Å². The summed E-state index contributed by atoms with van der Waals surface area (Å²) in [5, 5.41) is 18.3. The van der Waals surface area contributed by atoms with E-state index in [0.29, 0.717) is 0 Å². The van der Waals surface area contributed by atoms with E-state index in [4.69, 9.17) is 0 Å². The van der Waals surface area contributed by atoms with Crippen molar-refractivity contribution in [1.29, 1.82) is 0 Å². The lowest BCUT2D eigenvalue weighted by atomic mass is 9.87. The molecular formula is C48H28S. The maximum atomic E-state index is 2.46. The average Bonchev–Trinajstić information content (AvgIpc) is 3.55. The standard InChI is InChI=1S/C48H28S/c1-3-14-35-33(12-1)34-13-2-4-15-36(34)43-28-45-39-22-20-31(25-41(39)37-16-5-6-17-38(37)44(45)27-42(35)43)29-10-9-11-30(24-29)32-21-23-48-46(26-32)40-18-7-8-19-47(40)49-48/h1-28H. The van der Waals surface area contributed by atoms with E-state index in [1.807, 2.05) is 11.3 Å². The molecule has 1 aromatic heterocycles. The number of fused-ring (bicyclic) bond motifs is 15. The molecule has 10 aromatic carbocycles. The Hall–Kier alpha value is -6.02. The van der Waals surface area contributed by atoms with E-state index in [1.165, 1.54) is 107 Å². The van der Waals surface area contributed by atoms with Gasteiger partial charge in [-0.1, -0.05) is 127 Å². The van der Waals surface area contributed by atoms with Crippen molar-refractivity contribution in [3.8, 4) is 22.3 Å². The Morgan fingerprint density at radius 1 is 0.204 bits per heavy atom. The fraction of sp³-hybridized carbons (Fsp3) is 0. The Kier molecular flexibility index (Phi) is 5.64. The van der Waals surface area contributed by atoms with Crippen molar-refractivity contribution >= 4 is 96.1 Å². The van der Waals surface area contributed by atoms with Gasteiger partial charge < -0.3 is 0 Å². The van der Waals surface area contributed by atoms with Crippen LogP contribution in [0.15, 0.2) is 170 Å². The predicted molar refractivity (Wildman–Crippen MR) is 215 cm³/mol. The maximum Gasteiger partial charge on any atom is 0.0355 e. The topological polar surface area (TPSA) is 0 Å². The van der Waals surface area contributed by atoms with Crippen molar-refractivity contribution in [1.82, 2.24) is 0 Å². The molecule has 226 valence electrons. The molecule has 49 heavy (non-hydrogen) atoms. The highest BCUT2D eigenvalue weighted by Gasteiger charge is 2.15. The molecule has 1 heterocycles. The molecule has 0 bridgehead atoms. The minimum atomic E-state index is 1.23. The smallest absolute Gasteiger partial charge is 0.0355 e. The second-order valence-corrected chi connectivity index (χ2v) is 14.3. The third-order valence-electron chi connectivity index (χ3n) is 10.6. The summed E-state index contributed by atoms with van der Waals surface area (Å²) < 4.78 is 2.68. The van der Waals surface area contributed by atoms with Crippen LogP contribution in [0.25, 0.3) is 107 Å². The van der Waals surface area contributed by atoms with Crippen LogP contribution < -0.4 is 0 Å². The third-order valence-corrected chi connectivity index (χ3v) is 11.8. The number of rotatable bonds is 2. The highest BCUT2D eigenvalue weighted by molar-refractivity contribution is 7.25. The molecule has 0 amide bonds. The van der Waals surface area contributed by atoms with Crippen molar-refractivity contribution in [3.63, 3.8) is 0 Å². The van der Waals surface area contributed by atoms with Gasteiger partial charge in [0.15, 0.2) is 0 Å². The van der Waals surface area contributed by atoms with E-state index in [9.17, 15) is 0 Å². The molecule has 0 aliphatic rings. The molecule has 0 saturated carbocycles. The molecule has 0 nitrogen and oxygen atoms in total. The first-order valence-electron chi connectivity index (χ1n) is 16.9.